The summed E-state index contributed by atoms with van der Waals surface area (Å²) in [6.45, 7) is 5.55. The molecule has 1 aromatic heterocycles. The highest BCUT2D eigenvalue weighted by atomic mass is 79.9. The monoisotopic (exact) mass is 358 g/mol. The van der Waals surface area contributed by atoms with Gasteiger partial charge < -0.3 is 4.52 Å². The van der Waals surface area contributed by atoms with Crippen LogP contribution in [0, 0.1) is 20.8 Å². The minimum Gasteiger partial charge on any atom is -0.361 e. The van der Waals surface area contributed by atoms with Gasteiger partial charge in [-0.2, -0.15) is 0 Å². The summed E-state index contributed by atoms with van der Waals surface area (Å²) in [6.07, 6.45) is 0. The van der Waals surface area contributed by atoms with Crippen molar-refractivity contribution in [2.45, 2.75) is 32.2 Å². The van der Waals surface area contributed by atoms with E-state index in [-0.39, 0.29) is 11.4 Å². The lowest BCUT2D eigenvalue weighted by molar-refractivity contribution is 0.392. The van der Waals surface area contributed by atoms with Crippen molar-refractivity contribution in [2.75, 3.05) is 0 Å². The number of benzene rings is 1. The molecule has 20 heavy (non-hydrogen) atoms. The van der Waals surface area contributed by atoms with Gasteiger partial charge in [-0.25, -0.2) is 13.1 Å². The van der Waals surface area contributed by atoms with Gasteiger partial charge in [-0.15, -0.1) is 0 Å². The van der Waals surface area contributed by atoms with Crippen LogP contribution >= 0.6 is 15.9 Å². The molecular weight excluding hydrogens is 344 g/mol. The van der Waals surface area contributed by atoms with Crippen LogP contribution in [0.4, 0.5) is 0 Å². The molecular formula is C13H15BrN2O3S. The van der Waals surface area contributed by atoms with E-state index in [4.69, 9.17) is 4.52 Å². The Balaban J connectivity index is 2.21. The summed E-state index contributed by atoms with van der Waals surface area (Å²) in [5.41, 5.74) is 2.32. The van der Waals surface area contributed by atoms with Gasteiger partial charge in [-0.3, -0.25) is 0 Å². The van der Waals surface area contributed by atoms with Crippen LogP contribution in [-0.2, 0) is 16.6 Å². The lowest BCUT2D eigenvalue weighted by Gasteiger charge is -2.08. The van der Waals surface area contributed by atoms with E-state index >= 15 is 0 Å². The van der Waals surface area contributed by atoms with Gasteiger partial charge in [0.1, 0.15) is 5.76 Å². The molecule has 0 aliphatic rings. The van der Waals surface area contributed by atoms with Crippen molar-refractivity contribution < 1.29 is 12.9 Å². The maximum Gasteiger partial charge on any atom is 0.240 e. The molecule has 108 valence electrons. The number of rotatable bonds is 4. The molecule has 2 rings (SSSR count). The number of nitrogens with zero attached hydrogens (tertiary/aromatic N) is 1. The molecule has 0 amide bonds. The van der Waals surface area contributed by atoms with Crippen LogP contribution in [0.3, 0.4) is 0 Å². The molecule has 5 nitrogen and oxygen atoms in total. The lowest BCUT2D eigenvalue weighted by atomic mass is 10.2. The molecule has 0 spiro atoms. The summed E-state index contributed by atoms with van der Waals surface area (Å²) in [6, 6.07) is 4.91. The number of aryl methyl sites for hydroxylation is 3. The summed E-state index contributed by atoms with van der Waals surface area (Å²) in [7, 11) is -3.55. The fraction of sp³-hybridized carbons (Fsp3) is 0.308. The molecule has 0 radical (unpaired) electrons. The van der Waals surface area contributed by atoms with Gasteiger partial charge in [0, 0.05) is 16.6 Å². The Bertz CT molecular complexity index is 719. The van der Waals surface area contributed by atoms with Crippen molar-refractivity contribution in [3.8, 4) is 0 Å². The van der Waals surface area contributed by atoms with Gasteiger partial charge in [0.25, 0.3) is 0 Å². The van der Waals surface area contributed by atoms with E-state index in [2.05, 4.69) is 25.8 Å². The number of sulfonamides is 1. The molecule has 1 aromatic carbocycles. The second kappa shape index (κ2) is 5.67. The zero-order valence-corrected chi connectivity index (χ0v) is 13.8. The predicted molar refractivity (Wildman–Crippen MR) is 78.9 cm³/mol. The zero-order chi connectivity index (χ0) is 14.9. The van der Waals surface area contributed by atoms with Gasteiger partial charge in [0.05, 0.1) is 10.6 Å². The number of hydrogen-bond donors (Lipinski definition) is 1. The number of aromatic nitrogens is 1. The molecule has 0 saturated carbocycles. The molecule has 0 fully saturated rings. The average molecular weight is 359 g/mol. The highest BCUT2D eigenvalue weighted by molar-refractivity contribution is 9.10. The Hall–Kier alpha value is -1.18. The van der Waals surface area contributed by atoms with Crippen LogP contribution in [0.15, 0.2) is 32.1 Å². The second-order valence-corrected chi connectivity index (χ2v) is 7.16. The van der Waals surface area contributed by atoms with Gasteiger partial charge in [0.2, 0.25) is 10.0 Å². The van der Waals surface area contributed by atoms with Gasteiger partial charge in [-0.1, -0.05) is 21.1 Å². The van der Waals surface area contributed by atoms with E-state index < -0.39 is 10.0 Å². The van der Waals surface area contributed by atoms with Crippen LogP contribution in [0.5, 0.6) is 0 Å². The van der Waals surface area contributed by atoms with Crippen LogP contribution in [0.25, 0.3) is 0 Å². The third kappa shape index (κ3) is 3.11. The molecule has 1 N–H and O–H groups in total. The summed E-state index contributed by atoms with van der Waals surface area (Å²) < 4.78 is 32.9. The highest BCUT2D eigenvalue weighted by Gasteiger charge is 2.17. The SMILES string of the molecule is Cc1cc(S(=O)(=O)NCc2c(C)noc2C)ccc1Br. The first-order chi connectivity index (χ1) is 9.31. The van der Waals surface area contributed by atoms with Crippen molar-refractivity contribution >= 4 is 26.0 Å². The van der Waals surface area contributed by atoms with Crippen molar-refractivity contribution in [3.63, 3.8) is 0 Å². The lowest BCUT2D eigenvalue weighted by Crippen LogP contribution is -2.23. The Morgan fingerprint density at radius 1 is 1.30 bits per heavy atom. The largest absolute Gasteiger partial charge is 0.361 e. The zero-order valence-electron chi connectivity index (χ0n) is 11.4. The maximum atomic E-state index is 12.2. The van der Waals surface area contributed by atoms with Crippen molar-refractivity contribution in [2.24, 2.45) is 0 Å². The average Bonchev–Trinajstić information content (AvgIpc) is 2.70. The molecule has 0 aliphatic carbocycles. The van der Waals surface area contributed by atoms with Crippen LogP contribution < -0.4 is 4.72 Å². The third-order valence-corrected chi connectivity index (χ3v) is 5.35. The normalized spacial score (nSPS) is 11.8. The van der Waals surface area contributed by atoms with E-state index in [1.807, 2.05) is 6.92 Å². The molecule has 1 heterocycles. The van der Waals surface area contributed by atoms with Gasteiger partial charge in [0.15, 0.2) is 0 Å². The van der Waals surface area contributed by atoms with Gasteiger partial charge in [-0.05, 0) is 44.5 Å². The summed E-state index contributed by atoms with van der Waals surface area (Å²) in [5, 5.41) is 3.80. The second-order valence-electron chi connectivity index (χ2n) is 4.54. The Morgan fingerprint density at radius 3 is 2.55 bits per heavy atom. The summed E-state index contributed by atoms with van der Waals surface area (Å²) in [5.74, 6) is 0.622. The number of nitrogens with one attached hydrogen (secondary N) is 1. The molecule has 0 aliphatic heterocycles. The smallest absolute Gasteiger partial charge is 0.240 e. The number of hydrogen-bond acceptors (Lipinski definition) is 4. The van der Waals surface area contributed by atoms with Crippen molar-refractivity contribution in [3.05, 3.63) is 45.3 Å². The van der Waals surface area contributed by atoms with Gasteiger partial charge >= 0.3 is 0 Å². The molecule has 0 atom stereocenters. The first kappa shape index (κ1) is 15.2. The van der Waals surface area contributed by atoms with Crippen LogP contribution in [0.1, 0.15) is 22.6 Å². The van der Waals surface area contributed by atoms with Crippen molar-refractivity contribution in [1.82, 2.24) is 9.88 Å². The van der Waals surface area contributed by atoms with Crippen LogP contribution in [0.2, 0.25) is 0 Å². The minimum absolute atomic E-state index is 0.165. The number of halogens is 1. The summed E-state index contributed by atoms with van der Waals surface area (Å²) in [4.78, 5) is 0.241. The fourth-order valence-corrected chi connectivity index (χ4v) is 3.12. The minimum atomic E-state index is -3.55. The van der Waals surface area contributed by atoms with E-state index in [0.717, 1.165) is 15.6 Å². The summed E-state index contributed by atoms with van der Waals surface area (Å²) >= 11 is 3.35. The quantitative estimate of drug-likeness (QED) is 0.911. The van der Waals surface area contributed by atoms with Crippen molar-refractivity contribution in [1.29, 1.82) is 0 Å². The molecule has 7 heteroatoms. The van der Waals surface area contributed by atoms with E-state index in [0.29, 0.717) is 11.5 Å². The fourth-order valence-electron chi connectivity index (χ4n) is 1.79. The first-order valence-electron chi connectivity index (χ1n) is 5.99. The van der Waals surface area contributed by atoms with Crippen LogP contribution in [-0.4, -0.2) is 13.6 Å². The molecule has 0 saturated heterocycles. The maximum absolute atomic E-state index is 12.2. The Labute approximate surface area is 126 Å². The van der Waals surface area contributed by atoms with E-state index in [1.165, 1.54) is 0 Å². The predicted octanol–water partition coefficient (Wildman–Crippen LogP) is 2.84. The molecule has 0 unspecified atom stereocenters. The standard InChI is InChI=1S/C13H15BrN2O3S/c1-8-6-11(4-5-13(8)14)20(17,18)15-7-12-9(2)16-19-10(12)3/h4-6,15H,7H2,1-3H3. The topological polar surface area (TPSA) is 72.2 Å². The molecule has 0 bridgehead atoms. The third-order valence-electron chi connectivity index (χ3n) is 3.06. The molecule has 2 aromatic rings. The Morgan fingerprint density at radius 2 is 2.00 bits per heavy atom. The van der Waals surface area contributed by atoms with E-state index in [1.54, 1.807) is 32.0 Å². The van der Waals surface area contributed by atoms with E-state index in [9.17, 15) is 8.42 Å². The highest BCUT2D eigenvalue weighted by Crippen LogP contribution is 2.20. The Kier molecular flexibility index (Phi) is 4.31. The first-order valence-corrected chi connectivity index (χ1v) is 8.26.